The Morgan fingerprint density at radius 1 is 1.03 bits per heavy atom. The molecule has 7 heteroatoms. The van der Waals surface area contributed by atoms with Gasteiger partial charge in [-0.15, -0.1) is 0 Å². The number of ether oxygens (including phenoxy) is 3. The first-order valence-corrected chi connectivity index (χ1v) is 10.1. The summed E-state index contributed by atoms with van der Waals surface area (Å²) in [6.45, 7) is 11.4. The van der Waals surface area contributed by atoms with E-state index in [0.717, 1.165) is 16.7 Å². The van der Waals surface area contributed by atoms with Gasteiger partial charge in [-0.25, -0.2) is 4.98 Å². The molecular weight excluding hydrogens is 369 g/mol. The predicted molar refractivity (Wildman–Crippen MR) is 111 cm³/mol. The Hall–Kier alpha value is -1.93. The molecule has 6 nitrogen and oxygen atoms in total. The summed E-state index contributed by atoms with van der Waals surface area (Å²) in [5, 5.41) is 0. The topological polar surface area (TPSA) is 59.0 Å². The van der Waals surface area contributed by atoms with Gasteiger partial charge in [0.1, 0.15) is 5.75 Å². The molecule has 0 amide bonds. The molecule has 29 heavy (non-hydrogen) atoms. The van der Waals surface area contributed by atoms with Gasteiger partial charge in [-0.3, -0.25) is 0 Å². The van der Waals surface area contributed by atoms with Crippen molar-refractivity contribution in [1.29, 1.82) is 0 Å². The summed E-state index contributed by atoms with van der Waals surface area (Å²) in [6, 6.07) is 11.6. The average molecular weight is 397 g/mol. The standard InChI is InChI=1S/C22H28BNO5/c1-15-7-6-8-19(24-15)27-17-9-10-18(16(13-17)14-20-25-11-12-26-20)23-28-21(2,3)22(4,5)29-23/h6-10,13,20H,11-12,14H2,1-5H3. The summed E-state index contributed by atoms with van der Waals surface area (Å²) >= 11 is 0. The maximum Gasteiger partial charge on any atom is 0.495 e. The van der Waals surface area contributed by atoms with Crippen LogP contribution in [0.5, 0.6) is 11.6 Å². The van der Waals surface area contributed by atoms with E-state index in [9.17, 15) is 0 Å². The summed E-state index contributed by atoms with van der Waals surface area (Å²) < 4.78 is 29.9. The molecule has 154 valence electrons. The van der Waals surface area contributed by atoms with Crippen LogP contribution in [0.3, 0.4) is 0 Å². The highest BCUT2D eigenvalue weighted by Crippen LogP contribution is 2.37. The van der Waals surface area contributed by atoms with Gasteiger partial charge in [-0.1, -0.05) is 12.1 Å². The van der Waals surface area contributed by atoms with Crippen LogP contribution < -0.4 is 10.2 Å². The summed E-state index contributed by atoms with van der Waals surface area (Å²) in [7, 11) is -0.456. The highest BCUT2D eigenvalue weighted by molar-refractivity contribution is 6.62. The zero-order valence-corrected chi connectivity index (χ0v) is 17.7. The van der Waals surface area contributed by atoms with Gasteiger partial charge in [0.2, 0.25) is 5.88 Å². The molecule has 1 aromatic carbocycles. The van der Waals surface area contributed by atoms with Crippen LogP contribution in [0.1, 0.15) is 39.0 Å². The number of nitrogens with zero attached hydrogens (tertiary/aromatic N) is 1. The van der Waals surface area contributed by atoms with E-state index in [1.54, 1.807) is 0 Å². The smallest absolute Gasteiger partial charge is 0.439 e. The quantitative estimate of drug-likeness (QED) is 0.721. The minimum atomic E-state index is -0.456. The van der Waals surface area contributed by atoms with Gasteiger partial charge in [0.05, 0.1) is 24.4 Å². The van der Waals surface area contributed by atoms with Crippen LogP contribution in [-0.4, -0.2) is 42.8 Å². The molecular formula is C22H28BNO5. The largest absolute Gasteiger partial charge is 0.495 e. The van der Waals surface area contributed by atoms with Gasteiger partial charge in [0.25, 0.3) is 0 Å². The Morgan fingerprint density at radius 2 is 1.72 bits per heavy atom. The second kappa shape index (κ2) is 7.72. The van der Waals surface area contributed by atoms with Crippen molar-refractivity contribution in [2.45, 2.75) is 58.5 Å². The fourth-order valence-corrected chi connectivity index (χ4v) is 3.42. The van der Waals surface area contributed by atoms with Crippen LogP contribution in [-0.2, 0) is 25.2 Å². The van der Waals surface area contributed by atoms with E-state index in [1.165, 1.54) is 0 Å². The zero-order valence-electron chi connectivity index (χ0n) is 17.7. The van der Waals surface area contributed by atoms with E-state index in [1.807, 2.05) is 43.3 Å². The van der Waals surface area contributed by atoms with Gasteiger partial charge < -0.3 is 23.5 Å². The molecule has 2 aliphatic rings. The Kier molecular flexibility index (Phi) is 5.42. The van der Waals surface area contributed by atoms with Crippen molar-refractivity contribution in [2.75, 3.05) is 13.2 Å². The first kappa shape index (κ1) is 20.4. The minimum Gasteiger partial charge on any atom is -0.439 e. The molecule has 2 aliphatic heterocycles. The highest BCUT2D eigenvalue weighted by atomic mass is 16.7. The normalized spacial score (nSPS) is 20.9. The van der Waals surface area contributed by atoms with Crippen molar-refractivity contribution >= 4 is 12.6 Å². The molecule has 0 unspecified atom stereocenters. The number of hydrogen-bond donors (Lipinski definition) is 0. The molecule has 3 heterocycles. The van der Waals surface area contributed by atoms with Crippen LogP contribution >= 0.6 is 0 Å². The molecule has 2 aromatic rings. The second-order valence-corrected chi connectivity index (χ2v) is 8.54. The van der Waals surface area contributed by atoms with E-state index in [4.69, 9.17) is 23.5 Å². The third kappa shape index (κ3) is 4.33. The lowest BCUT2D eigenvalue weighted by molar-refractivity contribution is -0.0398. The summed E-state index contributed by atoms with van der Waals surface area (Å²) in [5.74, 6) is 1.27. The van der Waals surface area contributed by atoms with Crippen LogP contribution in [0.2, 0.25) is 0 Å². The molecule has 4 rings (SSSR count). The van der Waals surface area contributed by atoms with Crippen molar-refractivity contribution in [3.8, 4) is 11.6 Å². The van der Waals surface area contributed by atoms with Crippen LogP contribution in [0, 0.1) is 6.92 Å². The Morgan fingerprint density at radius 3 is 2.38 bits per heavy atom. The predicted octanol–water partition coefficient (Wildman–Crippen LogP) is 3.40. The molecule has 0 N–H and O–H groups in total. The lowest BCUT2D eigenvalue weighted by Gasteiger charge is -2.32. The number of aryl methyl sites for hydroxylation is 1. The fraction of sp³-hybridized carbons (Fsp3) is 0.500. The minimum absolute atomic E-state index is 0.275. The summed E-state index contributed by atoms with van der Waals surface area (Å²) in [4.78, 5) is 4.42. The van der Waals surface area contributed by atoms with Crippen molar-refractivity contribution < 1.29 is 23.5 Å². The lowest BCUT2D eigenvalue weighted by atomic mass is 9.75. The number of rotatable bonds is 5. The van der Waals surface area contributed by atoms with Crippen LogP contribution in [0.4, 0.5) is 0 Å². The van der Waals surface area contributed by atoms with E-state index < -0.39 is 18.3 Å². The first-order valence-electron chi connectivity index (χ1n) is 10.1. The summed E-state index contributed by atoms with van der Waals surface area (Å²) in [5.41, 5.74) is 2.07. The zero-order chi connectivity index (χ0) is 20.6. The molecule has 1 aromatic heterocycles. The van der Waals surface area contributed by atoms with Crippen molar-refractivity contribution in [1.82, 2.24) is 4.98 Å². The third-order valence-corrected chi connectivity index (χ3v) is 5.78. The number of benzene rings is 1. The van der Waals surface area contributed by atoms with E-state index in [0.29, 0.717) is 31.3 Å². The van der Waals surface area contributed by atoms with E-state index >= 15 is 0 Å². The molecule has 0 aliphatic carbocycles. The molecule has 2 saturated heterocycles. The van der Waals surface area contributed by atoms with Gasteiger partial charge in [-0.2, -0.15) is 0 Å². The number of pyridine rings is 1. The third-order valence-electron chi connectivity index (χ3n) is 5.78. The SMILES string of the molecule is Cc1cccc(Oc2ccc(B3OC(C)(C)C(C)(C)O3)c(CC3OCCO3)c2)n1. The molecule has 0 radical (unpaired) electrons. The summed E-state index contributed by atoms with van der Waals surface area (Å²) in [6.07, 6.45) is 0.321. The van der Waals surface area contributed by atoms with Crippen molar-refractivity contribution in [2.24, 2.45) is 0 Å². The Balaban J connectivity index is 1.63. The van der Waals surface area contributed by atoms with Crippen LogP contribution in [0.25, 0.3) is 0 Å². The number of aromatic nitrogens is 1. The molecule has 0 atom stereocenters. The Labute approximate surface area is 172 Å². The van der Waals surface area contributed by atoms with Crippen molar-refractivity contribution in [3.63, 3.8) is 0 Å². The van der Waals surface area contributed by atoms with Gasteiger partial charge >= 0.3 is 7.12 Å². The highest BCUT2D eigenvalue weighted by Gasteiger charge is 2.52. The van der Waals surface area contributed by atoms with E-state index in [2.05, 4.69) is 32.7 Å². The van der Waals surface area contributed by atoms with Gasteiger partial charge in [0.15, 0.2) is 6.29 Å². The lowest BCUT2D eigenvalue weighted by Crippen LogP contribution is -2.41. The van der Waals surface area contributed by atoms with E-state index in [-0.39, 0.29) is 6.29 Å². The monoisotopic (exact) mass is 397 g/mol. The fourth-order valence-electron chi connectivity index (χ4n) is 3.42. The Bertz CT molecular complexity index is 863. The van der Waals surface area contributed by atoms with Gasteiger partial charge in [0, 0.05) is 18.2 Å². The maximum atomic E-state index is 6.27. The molecule has 0 saturated carbocycles. The van der Waals surface area contributed by atoms with Crippen molar-refractivity contribution in [3.05, 3.63) is 47.7 Å². The second-order valence-electron chi connectivity index (χ2n) is 8.54. The van der Waals surface area contributed by atoms with Crippen LogP contribution in [0.15, 0.2) is 36.4 Å². The number of hydrogen-bond acceptors (Lipinski definition) is 6. The van der Waals surface area contributed by atoms with Gasteiger partial charge in [-0.05, 0) is 63.8 Å². The molecule has 2 fully saturated rings. The average Bonchev–Trinajstić information content (AvgIpc) is 3.21. The molecule has 0 spiro atoms. The maximum absolute atomic E-state index is 6.27. The first-order chi connectivity index (χ1) is 13.7. The molecule has 0 bridgehead atoms.